The monoisotopic (exact) mass is 253 g/mol. The zero-order valence-electron chi connectivity index (χ0n) is 9.37. The number of ether oxygens (including phenoxy) is 1. The molecule has 2 rings (SSSR count). The van der Waals surface area contributed by atoms with E-state index in [1.807, 2.05) is 24.4 Å². The maximum Gasteiger partial charge on any atom is 0.140 e. The number of benzene rings is 1. The van der Waals surface area contributed by atoms with Gasteiger partial charge < -0.3 is 4.74 Å². The van der Waals surface area contributed by atoms with Gasteiger partial charge in [0, 0.05) is 10.9 Å². The molecule has 0 saturated carbocycles. The van der Waals surface area contributed by atoms with Gasteiger partial charge in [0.25, 0.3) is 0 Å². The number of nitrogens with zero attached hydrogens (tertiary/aromatic N) is 1. The minimum Gasteiger partial charge on any atom is -0.496 e. The van der Waals surface area contributed by atoms with Crippen molar-refractivity contribution in [1.82, 2.24) is 4.98 Å². The molecule has 2 aromatic rings. The third kappa shape index (κ3) is 1.93. The quantitative estimate of drug-likeness (QED) is 0.804. The summed E-state index contributed by atoms with van der Waals surface area (Å²) >= 11 is 7.39. The van der Waals surface area contributed by atoms with Gasteiger partial charge in [-0.05, 0) is 37.1 Å². The Morgan fingerprint density at radius 2 is 2.00 bits per heavy atom. The molecule has 0 saturated heterocycles. The average molecular weight is 254 g/mol. The van der Waals surface area contributed by atoms with Gasteiger partial charge in [-0.15, -0.1) is 11.3 Å². The second-order valence-electron chi connectivity index (χ2n) is 3.54. The Labute approximate surface area is 104 Å². The number of thiazole rings is 1. The van der Waals surface area contributed by atoms with E-state index in [0.29, 0.717) is 5.15 Å². The van der Waals surface area contributed by atoms with Crippen molar-refractivity contribution in [3.8, 4) is 16.3 Å². The zero-order chi connectivity index (χ0) is 11.7. The Morgan fingerprint density at radius 1 is 1.25 bits per heavy atom. The topological polar surface area (TPSA) is 22.1 Å². The van der Waals surface area contributed by atoms with Crippen LogP contribution < -0.4 is 4.74 Å². The van der Waals surface area contributed by atoms with E-state index in [0.717, 1.165) is 21.9 Å². The summed E-state index contributed by atoms with van der Waals surface area (Å²) in [5.74, 6) is 0.906. The van der Waals surface area contributed by atoms with Crippen LogP contribution in [0.3, 0.4) is 0 Å². The largest absolute Gasteiger partial charge is 0.496 e. The molecule has 0 radical (unpaired) electrons. The number of methoxy groups -OCH3 is 1. The van der Waals surface area contributed by atoms with Crippen molar-refractivity contribution < 1.29 is 4.74 Å². The Kier molecular flexibility index (Phi) is 3.17. The summed E-state index contributed by atoms with van der Waals surface area (Å²) < 4.78 is 5.28. The molecule has 0 unspecified atom stereocenters. The second kappa shape index (κ2) is 4.44. The predicted molar refractivity (Wildman–Crippen MR) is 68.6 cm³/mol. The lowest BCUT2D eigenvalue weighted by molar-refractivity contribution is 0.411. The van der Waals surface area contributed by atoms with Gasteiger partial charge >= 0.3 is 0 Å². The fraction of sp³-hybridized carbons (Fsp3) is 0.250. The van der Waals surface area contributed by atoms with Crippen molar-refractivity contribution in [2.24, 2.45) is 0 Å². The summed E-state index contributed by atoms with van der Waals surface area (Å²) in [5, 5.41) is 3.34. The van der Waals surface area contributed by atoms with Crippen LogP contribution in [-0.2, 0) is 0 Å². The first kappa shape index (κ1) is 11.4. The highest BCUT2D eigenvalue weighted by Gasteiger charge is 2.11. The molecule has 1 aromatic carbocycles. The van der Waals surface area contributed by atoms with Crippen molar-refractivity contribution >= 4 is 22.9 Å². The lowest BCUT2D eigenvalue weighted by atomic mass is 10.0. The number of hydrogen-bond donors (Lipinski definition) is 0. The number of halogens is 1. The molecular weight excluding hydrogens is 242 g/mol. The minimum atomic E-state index is 0.549. The Morgan fingerprint density at radius 3 is 2.56 bits per heavy atom. The smallest absolute Gasteiger partial charge is 0.140 e. The molecule has 0 fully saturated rings. The standard InChI is InChI=1S/C12H12ClNOS/c1-7-8(2)10(15-3)5-4-9(7)12-14-11(13)6-16-12/h4-6H,1-3H3. The van der Waals surface area contributed by atoms with Crippen LogP contribution in [-0.4, -0.2) is 12.1 Å². The molecule has 0 N–H and O–H groups in total. The molecule has 0 bridgehead atoms. The number of hydrogen-bond acceptors (Lipinski definition) is 3. The van der Waals surface area contributed by atoms with Gasteiger partial charge in [0.2, 0.25) is 0 Å². The third-order valence-corrected chi connectivity index (χ3v) is 3.86. The van der Waals surface area contributed by atoms with Gasteiger partial charge in [-0.2, -0.15) is 0 Å². The van der Waals surface area contributed by atoms with E-state index >= 15 is 0 Å². The van der Waals surface area contributed by atoms with Crippen LogP contribution in [0, 0.1) is 13.8 Å². The van der Waals surface area contributed by atoms with Crippen LogP contribution in [0.25, 0.3) is 10.6 Å². The Balaban J connectivity index is 2.55. The molecule has 16 heavy (non-hydrogen) atoms. The van der Waals surface area contributed by atoms with Crippen LogP contribution in [0.4, 0.5) is 0 Å². The normalized spacial score (nSPS) is 10.5. The summed E-state index contributed by atoms with van der Waals surface area (Å²) in [5.41, 5.74) is 3.45. The van der Waals surface area contributed by atoms with Gasteiger partial charge in [0.05, 0.1) is 7.11 Å². The fourth-order valence-electron chi connectivity index (χ4n) is 1.63. The predicted octanol–water partition coefficient (Wildman–Crippen LogP) is 4.09. The minimum absolute atomic E-state index is 0.549. The highest BCUT2D eigenvalue weighted by molar-refractivity contribution is 7.13. The molecule has 0 aliphatic heterocycles. The first-order valence-electron chi connectivity index (χ1n) is 4.89. The molecule has 1 aromatic heterocycles. The highest BCUT2D eigenvalue weighted by atomic mass is 35.5. The van der Waals surface area contributed by atoms with E-state index in [1.165, 1.54) is 5.56 Å². The number of rotatable bonds is 2. The lowest BCUT2D eigenvalue weighted by Crippen LogP contribution is -1.92. The summed E-state index contributed by atoms with van der Waals surface area (Å²) in [6, 6.07) is 3.99. The first-order chi connectivity index (χ1) is 7.63. The molecule has 0 aliphatic rings. The summed E-state index contributed by atoms with van der Waals surface area (Å²) in [4.78, 5) is 4.28. The van der Waals surface area contributed by atoms with E-state index in [1.54, 1.807) is 18.4 Å². The van der Waals surface area contributed by atoms with Gasteiger partial charge in [-0.3, -0.25) is 0 Å². The van der Waals surface area contributed by atoms with Gasteiger partial charge in [0.15, 0.2) is 0 Å². The van der Waals surface area contributed by atoms with Crippen molar-refractivity contribution in [2.45, 2.75) is 13.8 Å². The SMILES string of the molecule is COc1ccc(-c2nc(Cl)cs2)c(C)c1C. The van der Waals surface area contributed by atoms with E-state index in [4.69, 9.17) is 16.3 Å². The van der Waals surface area contributed by atoms with Crippen LogP contribution in [0.2, 0.25) is 5.15 Å². The maximum atomic E-state index is 5.84. The van der Waals surface area contributed by atoms with Crippen molar-refractivity contribution in [2.75, 3.05) is 7.11 Å². The molecule has 0 aliphatic carbocycles. The molecular formula is C12H12ClNOS. The molecule has 0 spiro atoms. The van der Waals surface area contributed by atoms with Gasteiger partial charge in [0.1, 0.15) is 15.9 Å². The number of aromatic nitrogens is 1. The Bertz CT molecular complexity index is 522. The van der Waals surface area contributed by atoms with Crippen LogP contribution in [0.1, 0.15) is 11.1 Å². The van der Waals surface area contributed by atoms with E-state index in [9.17, 15) is 0 Å². The molecule has 84 valence electrons. The fourth-order valence-corrected chi connectivity index (χ4v) is 2.66. The Hall–Kier alpha value is -1.06. The molecule has 1 heterocycles. The lowest BCUT2D eigenvalue weighted by Gasteiger charge is -2.10. The second-order valence-corrected chi connectivity index (χ2v) is 4.79. The zero-order valence-corrected chi connectivity index (χ0v) is 10.9. The van der Waals surface area contributed by atoms with Gasteiger partial charge in [-0.25, -0.2) is 4.98 Å². The van der Waals surface area contributed by atoms with E-state index in [-0.39, 0.29) is 0 Å². The summed E-state index contributed by atoms with van der Waals surface area (Å²) in [7, 11) is 1.68. The summed E-state index contributed by atoms with van der Waals surface area (Å²) in [6.45, 7) is 4.12. The molecule has 0 atom stereocenters. The van der Waals surface area contributed by atoms with E-state index < -0.39 is 0 Å². The van der Waals surface area contributed by atoms with Gasteiger partial charge in [-0.1, -0.05) is 11.6 Å². The van der Waals surface area contributed by atoms with Crippen molar-refractivity contribution in [3.63, 3.8) is 0 Å². The molecule has 2 nitrogen and oxygen atoms in total. The molecule has 4 heteroatoms. The highest BCUT2D eigenvalue weighted by Crippen LogP contribution is 2.33. The van der Waals surface area contributed by atoms with Crippen LogP contribution >= 0.6 is 22.9 Å². The average Bonchev–Trinajstić information content (AvgIpc) is 2.69. The first-order valence-corrected chi connectivity index (χ1v) is 6.15. The van der Waals surface area contributed by atoms with Crippen molar-refractivity contribution in [1.29, 1.82) is 0 Å². The molecule has 0 amide bonds. The third-order valence-electron chi connectivity index (χ3n) is 2.66. The summed E-state index contributed by atoms with van der Waals surface area (Å²) in [6.07, 6.45) is 0. The van der Waals surface area contributed by atoms with E-state index in [2.05, 4.69) is 11.9 Å². The maximum absolute atomic E-state index is 5.84. The van der Waals surface area contributed by atoms with Crippen LogP contribution in [0.5, 0.6) is 5.75 Å². The van der Waals surface area contributed by atoms with Crippen molar-refractivity contribution in [3.05, 3.63) is 33.8 Å². The van der Waals surface area contributed by atoms with Crippen LogP contribution in [0.15, 0.2) is 17.5 Å².